The van der Waals surface area contributed by atoms with E-state index in [9.17, 15) is 15.0 Å². The highest BCUT2D eigenvalue weighted by atomic mass is 16.5. The fourth-order valence-electron chi connectivity index (χ4n) is 3.12. The van der Waals surface area contributed by atoms with Crippen LogP contribution in [0.3, 0.4) is 0 Å². The molecule has 0 saturated heterocycles. The molecule has 1 aliphatic rings. The molecule has 0 aromatic heterocycles. The van der Waals surface area contributed by atoms with Gasteiger partial charge < -0.3 is 30.3 Å². The first-order valence-electron chi connectivity index (χ1n) is 8.88. The maximum atomic E-state index is 11.4. The normalized spacial score (nSPS) is 14.1. The number of phenols is 1. The molecule has 0 saturated carbocycles. The first kappa shape index (κ1) is 19.0. The van der Waals surface area contributed by atoms with Gasteiger partial charge in [0.15, 0.2) is 6.61 Å². The van der Waals surface area contributed by atoms with Crippen LogP contribution in [0.1, 0.15) is 23.7 Å². The minimum Gasteiger partial charge on any atom is -0.508 e. The average Bonchev–Trinajstić information content (AvgIpc) is 2.66. The van der Waals surface area contributed by atoms with E-state index in [1.165, 1.54) is 12.1 Å². The predicted molar refractivity (Wildman–Crippen MR) is 101 cm³/mol. The van der Waals surface area contributed by atoms with Crippen molar-refractivity contribution in [3.05, 3.63) is 47.5 Å². The summed E-state index contributed by atoms with van der Waals surface area (Å²) in [5, 5.41) is 26.2. The molecule has 4 N–H and O–H groups in total. The maximum absolute atomic E-state index is 11.4. The number of carbonyl (C=O) groups excluding carboxylic acids is 1. The fourth-order valence-corrected chi connectivity index (χ4v) is 3.12. The lowest BCUT2D eigenvalue weighted by atomic mass is 10.0. The molecule has 7 heteroatoms. The molecule has 1 atom stereocenters. The van der Waals surface area contributed by atoms with Gasteiger partial charge in [0, 0.05) is 18.2 Å². The van der Waals surface area contributed by atoms with Crippen LogP contribution < -0.4 is 20.1 Å². The molecule has 1 aliphatic heterocycles. The van der Waals surface area contributed by atoms with E-state index in [-0.39, 0.29) is 18.3 Å². The van der Waals surface area contributed by atoms with Crippen molar-refractivity contribution in [2.75, 3.05) is 32.1 Å². The Balaban J connectivity index is 1.53. The zero-order valence-corrected chi connectivity index (χ0v) is 15.2. The van der Waals surface area contributed by atoms with Crippen molar-refractivity contribution in [3.63, 3.8) is 0 Å². The first-order valence-corrected chi connectivity index (χ1v) is 8.88. The third kappa shape index (κ3) is 4.69. The molecular weight excluding hydrogens is 348 g/mol. The summed E-state index contributed by atoms with van der Waals surface area (Å²) < 4.78 is 10.8. The summed E-state index contributed by atoms with van der Waals surface area (Å²) in [5.74, 6) is 0.951. The van der Waals surface area contributed by atoms with Crippen molar-refractivity contribution >= 4 is 11.6 Å². The van der Waals surface area contributed by atoms with E-state index in [0.717, 1.165) is 24.2 Å². The second-order valence-electron chi connectivity index (χ2n) is 6.38. The average molecular weight is 372 g/mol. The molecule has 0 bridgehead atoms. The highest BCUT2D eigenvalue weighted by molar-refractivity contribution is 5.96. The van der Waals surface area contributed by atoms with Gasteiger partial charge in [-0.1, -0.05) is 18.2 Å². The van der Waals surface area contributed by atoms with E-state index in [2.05, 4.69) is 10.6 Å². The molecule has 0 radical (unpaired) electrons. The standard InChI is InChI=1S/C20H24N2O5/c1-26-18-7-3-2-5-13(18)6-4-8-21-11-17(24)15-9-14(23)10-16-20(15)27-12-19(25)22-16/h2-3,5,7,9-10,17,21,23-24H,4,6,8,11-12H2,1H3,(H,22,25). The Morgan fingerprint density at radius 2 is 2.15 bits per heavy atom. The zero-order chi connectivity index (χ0) is 19.2. The van der Waals surface area contributed by atoms with Gasteiger partial charge in [-0.2, -0.15) is 0 Å². The lowest BCUT2D eigenvalue weighted by molar-refractivity contribution is -0.118. The van der Waals surface area contributed by atoms with Gasteiger partial charge >= 0.3 is 0 Å². The number of aliphatic hydroxyl groups is 1. The van der Waals surface area contributed by atoms with Crippen molar-refractivity contribution in [2.24, 2.45) is 0 Å². The monoisotopic (exact) mass is 372 g/mol. The molecule has 144 valence electrons. The van der Waals surface area contributed by atoms with E-state index < -0.39 is 6.10 Å². The van der Waals surface area contributed by atoms with Crippen molar-refractivity contribution in [2.45, 2.75) is 18.9 Å². The Hall–Kier alpha value is -2.77. The SMILES string of the molecule is COc1ccccc1CCCNCC(O)c1cc(O)cc2c1OCC(=O)N2. The molecule has 3 rings (SSSR count). The highest BCUT2D eigenvalue weighted by Gasteiger charge is 2.24. The van der Waals surface area contributed by atoms with Crippen LogP contribution in [0.5, 0.6) is 17.2 Å². The zero-order valence-electron chi connectivity index (χ0n) is 15.2. The number of aromatic hydroxyl groups is 1. The van der Waals surface area contributed by atoms with Gasteiger partial charge in [0.1, 0.15) is 17.2 Å². The predicted octanol–water partition coefficient (Wildman–Crippen LogP) is 1.99. The topological polar surface area (TPSA) is 100 Å². The smallest absolute Gasteiger partial charge is 0.262 e. The number of para-hydroxylation sites is 1. The van der Waals surface area contributed by atoms with Crippen LogP contribution in [0.25, 0.3) is 0 Å². The molecule has 27 heavy (non-hydrogen) atoms. The molecule has 1 heterocycles. The van der Waals surface area contributed by atoms with E-state index in [4.69, 9.17) is 9.47 Å². The third-order valence-corrected chi connectivity index (χ3v) is 4.41. The number of aryl methyl sites for hydroxylation is 1. The number of benzene rings is 2. The van der Waals surface area contributed by atoms with E-state index in [0.29, 0.717) is 30.1 Å². The van der Waals surface area contributed by atoms with Crippen LogP contribution in [0, 0.1) is 0 Å². The summed E-state index contributed by atoms with van der Waals surface area (Å²) in [5.41, 5.74) is 1.97. The number of hydrogen-bond donors (Lipinski definition) is 4. The van der Waals surface area contributed by atoms with Crippen molar-refractivity contribution in [3.8, 4) is 17.2 Å². The number of hydrogen-bond acceptors (Lipinski definition) is 6. The molecule has 1 unspecified atom stereocenters. The lowest BCUT2D eigenvalue weighted by Gasteiger charge is -2.23. The maximum Gasteiger partial charge on any atom is 0.262 e. The van der Waals surface area contributed by atoms with Crippen LogP contribution in [-0.4, -0.2) is 42.9 Å². The fraction of sp³-hybridized carbons (Fsp3) is 0.350. The Morgan fingerprint density at radius 1 is 1.33 bits per heavy atom. The molecule has 2 aromatic rings. The molecule has 7 nitrogen and oxygen atoms in total. The number of aliphatic hydroxyl groups excluding tert-OH is 1. The van der Waals surface area contributed by atoms with E-state index >= 15 is 0 Å². The van der Waals surface area contributed by atoms with Gasteiger partial charge in [-0.25, -0.2) is 0 Å². The van der Waals surface area contributed by atoms with Gasteiger partial charge in [0.05, 0.1) is 18.9 Å². The Morgan fingerprint density at radius 3 is 2.96 bits per heavy atom. The number of nitrogens with one attached hydrogen (secondary N) is 2. The second-order valence-corrected chi connectivity index (χ2v) is 6.38. The highest BCUT2D eigenvalue weighted by Crippen LogP contribution is 2.38. The number of rotatable bonds is 8. The van der Waals surface area contributed by atoms with Crippen molar-refractivity contribution in [1.29, 1.82) is 0 Å². The number of amides is 1. The van der Waals surface area contributed by atoms with Crippen LogP contribution in [0.15, 0.2) is 36.4 Å². The van der Waals surface area contributed by atoms with Crippen LogP contribution in [0.2, 0.25) is 0 Å². The Labute approximate surface area is 157 Å². The van der Waals surface area contributed by atoms with Crippen molar-refractivity contribution in [1.82, 2.24) is 5.32 Å². The summed E-state index contributed by atoms with van der Waals surface area (Å²) in [6.45, 7) is 0.913. The quantitative estimate of drug-likeness (QED) is 0.529. The van der Waals surface area contributed by atoms with Gasteiger partial charge in [0.25, 0.3) is 5.91 Å². The number of ether oxygens (including phenoxy) is 2. The van der Waals surface area contributed by atoms with E-state index in [1.807, 2.05) is 24.3 Å². The third-order valence-electron chi connectivity index (χ3n) is 4.41. The number of anilines is 1. The summed E-state index contributed by atoms with van der Waals surface area (Å²) in [6, 6.07) is 10.8. The minimum atomic E-state index is -0.868. The summed E-state index contributed by atoms with van der Waals surface area (Å²) in [4.78, 5) is 11.4. The summed E-state index contributed by atoms with van der Waals surface area (Å²) >= 11 is 0. The van der Waals surface area contributed by atoms with Gasteiger partial charge in [-0.15, -0.1) is 0 Å². The number of phenolic OH excluding ortho intramolecular Hbond substituents is 1. The van der Waals surface area contributed by atoms with Crippen LogP contribution in [0.4, 0.5) is 5.69 Å². The summed E-state index contributed by atoms with van der Waals surface area (Å²) in [7, 11) is 1.66. The lowest BCUT2D eigenvalue weighted by Crippen LogP contribution is -2.28. The molecule has 0 fully saturated rings. The van der Waals surface area contributed by atoms with Crippen LogP contribution in [-0.2, 0) is 11.2 Å². The van der Waals surface area contributed by atoms with E-state index in [1.54, 1.807) is 7.11 Å². The van der Waals surface area contributed by atoms with Crippen molar-refractivity contribution < 1.29 is 24.5 Å². The second kappa shape index (κ2) is 8.75. The van der Waals surface area contributed by atoms with Crippen LogP contribution >= 0.6 is 0 Å². The Bertz CT molecular complexity index is 809. The minimum absolute atomic E-state index is 0.0372. The number of methoxy groups -OCH3 is 1. The Kier molecular flexibility index (Phi) is 6.16. The number of fused-ring (bicyclic) bond motifs is 1. The number of carbonyl (C=O) groups is 1. The molecule has 0 spiro atoms. The molecule has 0 aliphatic carbocycles. The van der Waals surface area contributed by atoms with Gasteiger partial charge in [-0.3, -0.25) is 4.79 Å². The largest absolute Gasteiger partial charge is 0.508 e. The van der Waals surface area contributed by atoms with Gasteiger partial charge in [0.2, 0.25) is 0 Å². The summed E-state index contributed by atoms with van der Waals surface area (Å²) in [6.07, 6.45) is 0.883. The first-order chi connectivity index (χ1) is 13.1. The molecular formula is C20H24N2O5. The van der Waals surface area contributed by atoms with Gasteiger partial charge in [-0.05, 0) is 37.1 Å². The molecule has 2 aromatic carbocycles. The molecule has 1 amide bonds.